The molecule has 188 valence electrons. The van der Waals surface area contributed by atoms with E-state index in [0.717, 1.165) is 0 Å². The van der Waals surface area contributed by atoms with E-state index in [1.54, 1.807) is 44.4 Å². The van der Waals surface area contributed by atoms with E-state index in [1.165, 1.54) is 29.5 Å². The summed E-state index contributed by atoms with van der Waals surface area (Å²) in [6, 6.07) is 9.79. The number of carbonyl (C=O) groups excluding carboxylic acids is 2. The van der Waals surface area contributed by atoms with Gasteiger partial charge in [0.2, 0.25) is 15.0 Å². The Bertz CT molecular complexity index is 1420. The zero-order valence-electron chi connectivity index (χ0n) is 19.5. The fourth-order valence-corrected chi connectivity index (χ4v) is 5.84. The van der Waals surface area contributed by atoms with Crippen molar-refractivity contribution < 1.29 is 27.5 Å². The molecular formula is C23H22N4O6S3. The summed E-state index contributed by atoms with van der Waals surface area (Å²) in [5, 5.41) is 13.3. The monoisotopic (exact) mass is 546 g/mol. The number of ether oxygens (including phenoxy) is 2. The first-order valence-electron chi connectivity index (χ1n) is 10.6. The summed E-state index contributed by atoms with van der Waals surface area (Å²) in [6.45, 7) is 5.57. The van der Waals surface area contributed by atoms with Gasteiger partial charge in [-0.1, -0.05) is 26.0 Å². The molecule has 13 heteroatoms. The Kier molecular flexibility index (Phi) is 8.92. The van der Waals surface area contributed by atoms with Crippen LogP contribution >= 0.6 is 22.9 Å². The number of anilines is 1. The van der Waals surface area contributed by atoms with Crippen LogP contribution in [0.2, 0.25) is 0 Å². The van der Waals surface area contributed by atoms with Gasteiger partial charge in [-0.15, -0.1) is 11.3 Å². The third-order valence-electron chi connectivity index (χ3n) is 4.33. The maximum Gasteiger partial charge on any atom is 0.353 e. The number of nitrogens with one attached hydrogen (secondary N) is 1. The topological polar surface area (TPSA) is 148 Å². The number of sulfone groups is 1. The van der Waals surface area contributed by atoms with Crippen LogP contribution < -0.4 is 14.8 Å². The minimum Gasteiger partial charge on any atom is -0.490 e. The zero-order valence-corrected chi connectivity index (χ0v) is 22.0. The number of amides is 1. The Morgan fingerprint density at radius 2 is 2.03 bits per heavy atom. The third-order valence-corrected chi connectivity index (χ3v) is 7.77. The molecule has 36 heavy (non-hydrogen) atoms. The van der Waals surface area contributed by atoms with Crippen molar-refractivity contribution in [3.63, 3.8) is 0 Å². The Hall–Kier alpha value is -3.60. The van der Waals surface area contributed by atoms with E-state index in [4.69, 9.17) is 9.47 Å². The second-order valence-electron chi connectivity index (χ2n) is 7.69. The molecule has 3 rings (SSSR count). The quantitative estimate of drug-likeness (QED) is 0.171. The van der Waals surface area contributed by atoms with Gasteiger partial charge >= 0.3 is 5.97 Å². The third kappa shape index (κ3) is 6.97. The summed E-state index contributed by atoms with van der Waals surface area (Å²) in [4.78, 5) is 29.2. The molecule has 1 amide bonds. The van der Waals surface area contributed by atoms with Gasteiger partial charge in [-0.2, -0.15) is 14.6 Å². The summed E-state index contributed by atoms with van der Waals surface area (Å²) in [5.41, 5.74) is 0.182. The molecule has 0 saturated heterocycles. The van der Waals surface area contributed by atoms with Crippen LogP contribution in [0.3, 0.4) is 0 Å². The highest BCUT2D eigenvalue weighted by atomic mass is 32.2. The van der Waals surface area contributed by atoms with Crippen molar-refractivity contribution in [3.8, 4) is 17.6 Å². The average Bonchev–Trinajstić information content (AvgIpc) is 3.51. The smallest absolute Gasteiger partial charge is 0.353 e. The molecule has 0 bridgehead atoms. The van der Waals surface area contributed by atoms with Crippen LogP contribution in [0.25, 0.3) is 6.08 Å². The Balaban J connectivity index is 1.78. The number of benzene rings is 1. The van der Waals surface area contributed by atoms with Gasteiger partial charge in [0, 0.05) is 11.5 Å². The lowest BCUT2D eigenvalue weighted by Gasteiger charge is -2.11. The maximum atomic E-state index is 12.6. The normalized spacial score (nSPS) is 11.7. The molecule has 10 nitrogen and oxygen atoms in total. The van der Waals surface area contributed by atoms with E-state index in [-0.39, 0.29) is 39.0 Å². The Labute approximate surface area is 216 Å². The van der Waals surface area contributed by atoms with E-state index in [1.807, 2.05) is 6.07 Å². The fourth-order valence-electron chi connectivity index (χ4n) is 2.89. The number of hydrogen-bond acceptors (Lipinski definition) is 11. The van der Waals surface area contributed by atoms with Crippen molar-refractivity contribution >= 4 is 55.8 Å². The minimum absolute atomic E-state index is 0.0469. The molecular weight excluding hydrogens is 524 g/mol. The number of nitriles is 1. The highest BCUT2D eigenvalue weighted by Gasteiger charge is 2.23. The second kappa shape index (κ2) is 11.9. The van der Waals surface area contributed by atoms with Crippen molar-refractivity contribution in [2.45, 2.75) is 25.9 Å². The van der Waals surface area contributed by atoms with Crippen molar-refractivity contribution in [2.24, 2.45) is 5.92 Å². The largest absolute Gasteiger partial charge is 0.490 e. The molecule has 1 N–H and O–H groups in total. The highest BCUT2D eigenvalue weighted by molar-refractivity contribution is 7.91. The number of nitrogens with zero attached hydrogens (tertiary/aromatic N) is 3. The zero-order chi connectivity index (χ0) is 26.3. The van der Waals surface area contributed by atoms with E-state index >= 15 is 0 Å². The fraction of sp³-hybridized carbons (Fsp3) is 0.261. The maximum absolute atomic E-state index is 12.6. The van der Waals surface area contributed by atoms with Crippen molar-refractivity contribution in [2.75, 3.05) is 17.7 Å². The van der Waals surface area contributed by atoms with Crippen LogP contribution in [0.15, 0.2) is 46.4 Å². The first-order valence-corrected chi connectivity index (χ1v) is 14.0. The molecule has 0 atom stereocenters. The highest BCUT2D eigenvalue weighted by Crippen LogP contribution is 2.30. The van der Waals surface area contributed by atoms with Crippen LogP contribution in [0.5, 0.6) is 11.5 Å². The van der Waals surface area contributed by atoms with Gasteiger partial charge < -0.3 is 9.47 Å². The molecule has 0 fully saturated rings. The summed E-state index contributed by atoms with van der Waals surface area (Å²) in [7, 11) is -3.68. The van der Waals surface area contributed by atoms with E-state index in [9.17, 15) is 23.3 Å². The Morgan fingerprint density at radius 3 is 2.67 bits per heavy atom. The van der Waals surface area contributed by atoms with E-state index in [2.05, 4.69) is 14.7 Å². The first-order chi connectivity index (χ1) is 17.1. The van der Waals surface area contributed by atoms with Crippen molar-refractivity contribution in [1.29, 1.82) is 5.26 Å². The van der Waals surface area contributed by atoms with Gasteiger partial charge in [0.1, 0.15) is 16.5 Å². The van der Waals surface area contributed by atoms with Gasteiger partial charge in [0.15, 0.2) is 11.5 Å². The van der Waals surface area contributed by atoms with Crippen molar-refractivity contribution in [1.82, 2.24) is 9.36 Å². The van der Waals surface area contributed by atoms with E-state index < -0.39 is 21.7 Å². The van der Waals surface area contributed by atoms with Crippen molar-refractivity contribution in [3.05, 3.63) is 51.7 Å². The lowest BCUT2D eigenvalue weighted by Crippen LogP contribution is -2.15. The van der Waals surface area contributed by atoms with Gasteiger partial charge in [-0.3, -0.25) is 10.1 Å². The summed E-state index contributed by atoms with van der Waals surface area (Å²) in [6.07, 6.45) is 1.32. The minimum atomic E-state index is -3.68. The number of aromatic nitrogens is 2. The molecule has 0 radical (unpaired) electrons. The van der Waals surface area contributed by atoms with Crippen LogP contribution in [0, 0.1) is 17.2 Å². The van der Waals surface area contributed by atoms with Crippen LogP contribution in [0.1, 0.15) is 36.0 Å². The summed E-state index contributed by atoms with van der Waals surface area (Å²) < 4.78 is 39.4. The molecule has 1 aromatic carbocycles. The Morgan fingerprint density at radius 1 is 1.25 bits per heavy atom. The predicted molar refractivity (Wildman–Crippen MR) is 136 cm³/mol. The molecule has 3 aromatic rings. The molecule has 2 aromatic heterocycles. The molecule has 0 unspecified atom stereocenters. The van der Waals surface area contributed by atoms with Gasteiger partial charge in [-0.25, -0.2) is 13.2 Å². The second-order valence-corrected chi connectivity index (χ2v) is 11.3. The van der Waals surface area contributed by atoms with Gasteiger partial charge in [0.25, 0.3) is 11.1 Å². The predicted octanol–water partition coefficient (Wildman–Crippen LogP) is 4.19. The van der Waals surface area contributed by atoms with Crippen LogP contribution in [0.4, 0.5) is 5.13 Å². The SMILES string of the molecule is CCOc1cc(C=C(C#N)C(=O)Nc2nc(S(=O)(=O)CC(C)C)ns2)ccc1OC(=O)c1cccs1. The molecule has 0 aliphatic carbocycles. The lowest BCUT2D eigenvalue weighted by atomic mass is 10.1. The molecule has 0 spiro atoms. The molecule has 2 heterocycles. The number of rotatable bonds is 10. The molecule has 0 aliphatic rings. The number of hydrogen-bond donors (Lipinski definition) is 1. The number of carbonyl (C=O) groups is 2. The number of esters is 1. The van der Waals surface area contributed by atoms with E-state index in [0.29, 0.717) is 28.6 Å². The number of thiophene rings is 1. The van der Waals surface area contributed by atoms with Gasteiger partial charge in [0.05, 0.1) is 12.4 Å². The van der Waals surface area contributed by atoms with Crippen LogP contribution in [-0.2, 0) is 14.6 Å². The average molecular weight is 547 g/mol. The first kappa shape index (κ1) is 27.0. The summed E-state index contributed by atoms with van der Waals surface area (Å²) in [5.74, 6) is -1.10. The van der Waals surface area contributed by atoms with Crippen LogP contribution in [-0.4, -0.2) is 42.0 Å². The van der Waals surface area contributed by atoms with Gasteiger partial charge in [-0.05, 0) is 48.1 Å². The molecule has 0 saturated carbocycles. The molecule has 0 aliphatic heterocycles. The summed E-state index contributed by atoms with van der Waals surface area (Å²) >= 11 is 1.95. The lowest BCUT2D eigenvalue weighted by molar-refractivity contribution is -0.112. The standard InChI is InChI=1S/C23H22N4O6S3/c1-4-32-18-11-15(7-8-17(18)33-21(29)19-6-5-9-34-19)10-16(12-24)20(28)25-22-26-23(27-35-22)36(30,31)13-14(2)3/h5-11,14H,4,13H2,1-3H3,(H,25,26,27,28).